The Balaban J connectivity index is 1.76. The monoisotopic (exact) mass is 319 g/mol. The lowest BCUT2D eigenvalue weighted by atomic mass is 9.89. The van der Waals surface area contributed by atoms with E-state index >= 15 is 0 Å². The Morgan fingerprint density at radius 1 is 1.55 bits per heavy atom. The molecule has 3 rings (SSSR count). The van der Waals surface area contributed by atoms with Gasteiger partial charge >= 0.3 is 0 Å². The number of fused-ring (bicyclic) bond motifs is 1. The van der Waals surface area contributed by atoms with E-state index in [-0.39, 0.29) is 18.2 Å². The van der Waals surface area contributed by atoms with E-state index in [0.29, 0.717) is 17.8 Å². The number of rotatable bonds is 3. The van der Waals surface area contributed by atoms with Crippen LogP contribution >= 0.6 is 11.3 Å². The van der Waals surface area contributed by atoms with Crippen molar-refractivity contribution < 1.29 is 14.0 Å². The molecule has 2 N–H and O–H groups in total. The van der Waals surface area contributed by atoms with E-state index in [1.54, 1.807) is 6.07 Å². The number of aromatic nitrogens is 1. The molecule has 5 nitrogen and oxygen atoms in total. The number of hydrogen-bond acceptors (Lipinski definition) is 4. The highest BCUT2D eigenvalue weighted by Crippen LogP contribution is 2.32. The molecule has 0 spiro atoms. The van der Waals surface area contributed by atoms with Gasteiger partial charge in [0.05, 0.1) is 12.5 Å². The van der Waals surface area contributed by atoms with E-state index in [9.17, 15) is 14.0 Å². The van der Waals surface area contributed by atoms with Gasteiger partial charge in [0.2, 0.25) is 11.8 Å². The second-order valence-electron chi connectivity index (χ2n) is 5.14. The number of carbonyl (C=O) groups is 2. The molecule has 0 aliphatic carbocycles. The quantitative estimate of drug-likeness (QED) is 0.912. The molecule has 0 radical (unpaired) electrons. The van der Waals surface area contributed by atoms with Crippen molar-refractivity contribution in [2.45, 2.75) is 25.8 Å². The van der Waals surface area contributed by atoms with Crippen LogP contribution in [0.5, 0.6) is 0 Å². The molecule has 0 saturated heterocycles. The Morgan fingerprint density at radius 2 is 2.36 bits per heavy atom. The van der Waals surface area contributed by atoms with Crippen LogP contribution in [0.3, 0.4) is 0 Å². The van der Waals surface area contributed by atoms with Crippen molar-refractivity contribution in [1.29, 1.82) is 0 Å². The number of carbonyl (C=O) groups excluding carboxylic acids is 2. The molecule has 2 aromatic rings. The number of nitrogens with one attached hydrogen (secondary N) is 2. The number of benzene rings is 1. The highest BCUT2D eigenvalue weighted by atomic mass is 32.1. The molecule has 0 bridgehead atoms. The van der Waals surface area contributed by atoms with Gasteiger partial charge in [0.15, 0.2) is 0 Å². The fourth-order valence-corrected chi connectivity index (χ4v) is 3.15. The molecule has 0 fully saturated rings. The van der Waals surface area contributed by atoms with E-state index in [0.717, 1.165) is 10.7 Å². The Hall–Kier alpha value is -2.28. The minimum Gasteiger partial charge on any atom is -0.349 e. The average Bonchev–Trinajstić information content (AvgIpc) is 2.89. The van der Waals surface area contributed by atoms with Crippen molar-refractivity contribution in [3.05, 3.63) is 45.7 Å². The molecule has 1 aromatic heterocycles. The van der Waals surface area contributed by atoms with Gasteiger partial charge in [-0.1, -0.05) is 6.07 Å². The number of amides is 2. The topological polar surface area (TPSA) is 71.1 Å². The first kappa shape index (κ1) is 14.6. The Labute approximate surface area is 130 Å². The van der Waals surface area contributed by atoms with Gasteiger partial charge in [0, 0.05) is 23.2 Å². The Bertz CT molecular complexity index is 744. The standard InChI is InChI=1S/C15H14FN3O2S/c1-8-7-22-14(18-8)6-17-15(21)11-5-13(20)19-12-4-9(16)2-3-10(11)12/h2-4,7,11H,5-6H2,1H3,(H,17,21)(H,19,20). The SMILES string of the molecule is Cc1csc(CNC(=O)C2CC(=O)Nc3cc(F)ccc32)n1. The van der Waals surface area contributed by atoms with Gasteiger partial charge in [-0.3, -0.25) is 9.59 Å². The second kappa shape index (κ2) is 5.84. The van der Waals surface area contributed by atoms with Crippen LogP contribution in [0.2, 0.25) is 0 Å². The van der Waals surface area contributed by atoms with Crippen molar-refractivity contribution in [2.24, 2.45) is 0 Å². The summed E-state index contributed by atoms with van der Waals surface area (Å²) in [5.74, 6) is -1.59. The van der Waals surface area contributed by atoms with Crippen LogP contribution in [0, 0.1) is 12.7 Å². The summed E-state index contributed by atoms with van der Waals surface area (Å²) in [5.41, 5.74) is 1.91. The summed E-state index contributed by atoms with van der Waals surface area (Å²) in [7, 11) is 0. The summed E-state index contributed by atoms with van der Waals surface area (Å²) in [6, 6.07) is 4.07. The maximum atomic E-state index is 13.3. The summed E-state index contributed by atoms with van der Waals surface area (Å²) in [5, 5.41) is 8.11. The fourth-order valence-electron chi connectivity index (χ4n) is 2.44. The normalized spacial score (nSPS) is 16.8. The van der Waals surface area contributed by atoms with Crippen LogP contribution in [0.1, 0.15) is 28.6 Å². The second-order valence-corrected chi connectivity index (χ2v) is 6.08. The van der Waals surface area contributed by atoms with Crippen molar-refractivity contribution in [3.8, 4) is 0 Å². The van der Waals surface area contributed by atoms with Crippen LogP contribution in [-0.2, 0) is 16.1 Å². The van der Waals surface area contributed by atoms with Gasteiger partial charge in [-0.15, -0.1) is 11.3 Å². The Morgan fingerprint density at radius 3 is 3.09 bits per heavy atom. The number of aryl methyl sites for hydroxylation is 1. The lowest BCUT2D eigenvalue weighted by Gasteiger charge is -2.24. The molecular weight excluding hydrogens is 305 g/mol. The van der Waals surface area contributed by atoms with Crippen molar-refractivity contribution in [1.82, 2.24) is 10.3 Å². The van der Waals surface area contributed by atoms with Crippen LogP contribution in [-0.4, -0.2) is 16.8 Å². The minimum absolute atomic E-state index is 0.0569. The summed E-state index contributed by atoms with van der Waals surface area (Å²) in [4.78, 5) is 28.3. The first-order chi connectivity index (χ1) is 10.5. The van der Waals surface area contributed by atoms with Crippen molar-refractivity contribution >= 4 is 28.8 Å². The summed E-state index contributed by atoms with van der Waals surface area (Å²) in [6.45, 7) is 2.21. The van der Waals surface area contributed by atoms with Gasteiger partial charge in [-0.25, -0.2) is 9.37 Å². The molecule has 1 unspecified atom stereocenters. The predicted octanol–water partition coefficient (Wildman–Crippen LogP) is 2.33. The number of anilines is 1. The molecule has 0 saturated carbocycles. The third kappa shape index (κ3) is 2.99. The van der Waals surface area contributed by atoms with Crippen molar-refractivity contribution in [3.63, 3.8) is 0 Å². The van der Waals surface area contributed by atoms with E-state index in [2.05, 4.69) is 15.6 Å². The van der Waals surface area contributed by atoms with Gasteiger partial charge in [0.25, 0.3) is 0 Å². The van der Waals surface area contributed by atoms with Crippen LogP contribution in [0.4, 0.5) is 10.1 Å². The summed E-state index contributed by atoms with van der Waals surface area (Å²) >= 11 is 1.47. The minimum atomic E-state index is -0.606. The first-order valence-corrected chi connectivity index (χ1v) is 7.69. The summed E-state index contributed by atoms with van der Waals surface area (Å²) < 4.78 is 13.3. The molecule has 1 aliphatic rings. The summed E-state index contributed by atoms with van der Waals surface area (Å²) in [6.07, 6.45) is 0.0569. The number of hydrogen-bond donors (Lipinski definition) is 2. The largest absolute Gasteiger partial charge is 0.349 e. The number of thiazole rings is 1. The number of halogens is 1. The maximum absolute atomic E-state index is 13.3. The zero-order chi connectivity index (χ0) is 15.7. The smallest absolute Gasteiger partial charge is 0.228 e. The lowest BCUT2D eigenvalue weighted by molar-refractivity contribution is -0.126. The molecule has 22 heavy (non-hydrogen) atoms. The molecular formula is C15H14FN3O2S. The molecule has 1 aromatic carbocycles. The molecule has 114 valence electrons. The highest BCUT2D eigenvalue weighted by Gasteiger charge is 2.30. The van der Waals surface area contributed by atoms with E-state index in [1.165, 1.54) is 23.5 Å². The van der Waals surface area contributed by atoms with Gasteiger partial charge in [-0.05, 0) is 24.6 Å². The van der Waals surface area contributed by atoms with Crippen LogP contribution < -0.4 is 10.6 Å². The molecule has 1 atom stereocenters. The third-order valence-corrected chi connectivity index (χ3v) is 4.42. The Kier molecular flexibility index (Phi) is 3.89. The molecule has 2 heterocycles. The molecule has 7 heteroatoms. The number of nitrogens with zero attached hydrogens (tertiary/aromatic N) is 1. The lowest BCUT2D eigenvalue weighted by Crippen LogP contribution is -2.34. The van der Waals surface area contributed by atoms with Gasteiger partial charge in [0.1, 0.15) is 10.8 Å². The van der Waals surface area contributed by atoms with E-state index < -0.39 is 11.7 Å². The third-order valence-electron chi connectivity index (χ3n) is 3.45. The van der Waals surface area contributed by atoms with Crippen LogP contribution in [0.15, 0.2) is 23.6 Å². The zero-order valence-electron chi connectivity index (χ0n) is 11.9. The first-order valence-electron chi connectivity index (χ1n) is 6.81. The fraction of sp³-hybridized carbons (Fsp3) is 0.267. The zero-order valence-corrected chi connectivity index (χ0v) is 12.7. The highest BCUT2D eigenvalue weighted by molar-refractivity contribution is 7.09. The maximum Gasteiger partial charge on any atom is 0.228 e. The van der Waals surface area contributed by atoms with Gasteiger partial charge < -0.3 is 10.6 Å². The molecule has 2 amide bonds. The van der Waals surface area contributed by atoms with Crippen molar-refractivity contribution in [2.75, 3.05) is 5.32 Å². The average molecular weight is 319 g/mol. The van der Waals surface area contributed by atoms with E-state index in [1.807, 2.05) is 12.3 Å². The van der Waals surface area contributed by atoms with Gasteiger partial charge in [-0.2, -0.15) is 0 Å². The predicted molar refractivity (Wildman–Crippen MR) is 81.1 cm³/mol. The molecule has 1 aliphatic heterocycles. The van der Waals surface area contributed by atoms with E-state index in [4.69, 9.17) is 0 Å². The van der Waals surface area contributed by atoms with Crippen LogP contribution in [0.25, 0.3) is 0 Å².